The van der Waals surface area contributed by atoms with Crippen LogP contribution in [-0.4, -0.2) is 42.6 Å². The van der Waals surface area contributed by atoms with Crippen LogP contribution in [-0.2, 0) is 16.0 Å². The van der Waals surface area contributed by atoms with Gasteiger partial charge in [0.2, 0.25) is 5.91 Å². The van der Waals surface area contributed by atoms with Crippen molar-refractivity contribution in [2.24, 2.45) is 0 Å². The molecule has 0 aliphatic carbocycles. The van der Waals surface area contributed by atoms with Gasteiger partial charge >= 0.3 is 6.09 Å². The van der Waals surface area contributed by atoms with E-state index < -0.39 is 0 Å². The van der Waals surface area contributed by atoms with Crippen molar-refractivity contribution in [3.8, 4) is 0 Å². The summed E-state index contributed by atoms with van der Waals surface area (Å²) in [6.45, 7) is 3.48. The molecule has 0 radical (unpaired) electrons. The zero-order chi connectivity index (χ0) is 14.4. The van der Waals surface area contributed by atoms with E-state index in [9.17, 15) is 9.59 Å². The molecule has 5 nitrogen and oxygen atoms in total. The third kappa shape index (κ3) is 4.23. The molecule has 1 fully saturated rings. The number of amides is 2. The molecule has 2 rings (SSSR count). The highest BCUT2D eigenvalue weighted by molar-refractivity contribution is 7.07. The van der Waals surface area contributed by atoms with Gasteiger partial charge < -0.3 is 15.0 Å². The van der Waals surface area contributed by atoms with Gasteiger partial charge in [0.1, 0.15) is 0 Å². The van der Waals surface area contributed by atoms with Crippen molar-refractivity contribution in [3.63, 3.8) is 0 Å². The van der Waals surface area contributed by atoms with E-state index >= 15 is 0 Å². The Kier molecular flexibility index (Phi) is 5.40. The maximum atomic E-state index is 11.9. The molecule has 0 unspecified atom stereocenters. The van der Waals surface area contributed by atoms with Crippen molar-refractivity contribution in [2.75, 3.05) is 19.7 Å². The number of nitrogens with zero attached hydrogens (tertiary/aromatic N) is 1. The van der Waals surface area contributed by atoms with Crippen molar-refractivity contribution in [3.05, 3.63) is 22.4 Å². The Morgan fingerprint density at radius 2 is 2.20 bits per heavy atom. The van der Waals surface area contributed by atoms with Gasteiger partial charge in [0.05, 0.1) is 13.0 Å². The minimum atomic E-state index is -0.254. The molecular formula is C14H20N2O3S. The van der Waals surface area contributed by atoms with Crippen molar-refractivity contribution < 1.29 is 14.3 Å². The van der Waals surface area contributed by atoms with Crippen LogP contribution in [0.4, 0.5) is 4.79 Å². The van der Waals surface area contributed by atoms with Crippen LogP contribution >= 0.6 is 11.3 Å². The Hall–Kier alpha value is -1.56. The minimum Gasteiger partial charge on any atom is -0.450 e. The zero-order valence-corrected chi connectivity index (χ0v) is 12.4. The summed E-state index contributed by atoms with van der Waals surface area (Å²) in [5, 5.41) is 7.00. The lowest BCUT2D eigenvalue weighted by molar-refractivity contribution is -0.121. The Balaban J connectivity index is 1.71. The fourth-order valence-corrected chi connectivity index (χ4v) is 2.95. The van der Waals surface area contributed by atoms with Crippen LogP contribution in [0.2, 0.25) is 0 Å². The van der Waals surface area contributed by atoms with Crippen molar-refractivity contribution >= 4 is 23.3 Å². The van der Waals surface area contributed by atoms with Crippen LogP contribution in [0.15, 0.2) is 16.8 Å². The molecule has 2 heterocycles. The van der Waals surface area contributed by atoms with E-state index in [1.165, 1.54) is 0 Å². The van der Waals surface area contributed by atoms with E-state index in [2.05, 4.69) is 5.32 Å². The van der Waals surface area contributed by atoms with Crippen molar-refractivity contribution in [2.45, 2.75) is 32.2 Å². The predicted molar refractivity (Wildman–Crippen MR) is 77.8 cm³/mol. The van der Waals surface area contributed by atoms with Gasteiger partial charge in [0.25, 0.3) is 0 Å². The smallest absolute Gasteiger partial charge is 0.409 e. The molecule has 0 aromatic carbocycles. The lowest BCUT2D eigenvalue weighted by Crippen LogP contribution is -2.47. The molecule has 0 atom stereocenters. The summed E-state index contributed by atoms with van der Waals surface area (Å²) in [4.78, 5) is 25.1. The highest BCUT2D eigenvalue weighted by Gasteiger charge is 2.24. The molecule has 0 spiro atoms. The first-order chi connectivity index (χ1) is 9.69. The largest absolute Gasteiger partial charge is 0.450 e. The van der Waals surface area contributed by atoms with Gasteiger partial charge in [-0.2, -0.15) is 11.3 Å². The second-order valence-corrected chi connectivity index (χ2v) is 5.62. The topological polar surface area (TPSA) is 58.6 Å². The van der Waals surface area contributed by atoms with Crippen LogP contribution in [0, 0.1) is 0 Å². The van der Waals surface area contributed by atoms with E-state index in [0.717, 1.165) is 18.4 Å². The Morgan fingerprint density at radius 3 is 2.80 bits per heavy atom. The highest BCUT2D eigenvalue weighted by Crippen LogP contribution is 2.12. The highest BCUT2D eigenvalue weighted by atomic mass is 32.1. The summed E-state index contributed by atoms with van der Waals surface area (Å²) in [5.74, 6) is 0.0537. The summed E-state index contributed by atoms with van der Waals surface area (Å²) in [7, 11) is 0. The number of thiophene rings is 1. The monoisotopic (exact) mass is 296 g/mol. The van der Waals surface area contributed by atoms with Crippen molar-refractivity contribution in [1.29, 1.82) is 0 Å². The molecule has 110 valence electrons. The third-order valence-electron chi connectivity index (χ3n) is 3.33. The van der Waals surface area contributed by atoms with Gasteiger partial charge in [-0.15, -0.1) is 0 Å². The van der Waals surface area contributed by atoms with Crippen LogP contribution in [0.5, 0.6) is 0 Å². The number of hydrogen-bond acceptors (Lipinski definition) is 4. The first kappa shape index (κ1) is 14.8. The third-order valence-corrected chi connectivity index (χ3v) is 4.06. The van der Waals surface area contributed by atoms with Gasteiger partial charge in [-0.3, -0.25) is 4.79 Å². The number of ether oxygens (including phenoxy) is 1. The number of carbonyl (C=O) groups is 2. The van der Waals surface area contributed by atoms with Crippen LogP contribution in [0.1, 0.15) is 25.3 Å². The summed E-state index contributed by atoms with van der Waals surface area (Å²) in [5.41, 5.74) is 1.05. The molecule has 2 amide bonds. The number of nitrogens with one attached hydrogen (secondary N) is 1. The fourth-order valence-electron chi connectivity index (χ4n) is 2.28. The van der Waals surface area contributed by atoms with Gasteiger partial charge in [0.15, 0.2) is 0 Å². The van der Waals surface area contributed by atoms with E-state index in [4.69, 9.17) is 4.74 Å². The van der Waals surface area contributed by atoms with E-state index in [1.54, 1.807) is 23.2 Å². The summed E-state index contributed by atoms with van der Waals surface area (Å²) in [6.07, 6.45) is 1.75. The van der Waals surface area contributed by atoms with E-state index in [-0.39, 0.29) is 18.0 Å². The maximum Gasteiger partial charge on any atom is 0.409 e. The van der Waals surface area contributed by atoms with Gasteiger partial charge in [-0.05, 0) is 42.2 Å². The number of hydrogen-bond donors (Lipinski definition) is 1. The molecule has 1 aromatic rings. The fraction of sp³-hybridized carbons (Fsp3) is 0.571. The Bertz CT molecular complexity index is 439. The van der Waals surface area contributed by atoms with Crippen LogP contribution in [0.3, 0.4) is 0 Å². The lowest BCUT2D eigenvalue weighted by Gasteiger charge is -2.31. The van der Waals surface area contributed by atoms with Gasteiger partial charge in [-0.1, -0.05) is 0 Å². The zero-order valence-electron chi connectivity index (χ0n) is 11.6. The quantitative estimate of drug-likeness (QED) is 0.925. The first-order valence-corrected chi connectivity index (χ1v) is 7.85. The van der Waals surface area contributed by atoms with E-state index in [1.807, 2.05) is 16.8 Å². The number of rotatable bonds is 4. The SMILES string of the molecule is CCOC(=O)N1CCC(NC(=O)Cc2ccsc2)CC1. The minimum absolute atomic E-state index is 0.0537. The maximum absolute atomic E-state index is 11.9. The van der Waals surface area contributed by atoms with Gasteiger partial charge in [0, 0.05) is 19.1 Å². The molecule has 6 heteroatoms. The van der Waals surface area contributed by atoms with Crippen molar-refractivity contribution in [1.82, 2.24) is 10.2 Å². The standard InChI is InChI=1S/C14H20N2O3S/c1-2-19-14(18)16-6-3-12(4-7-16)15-13(17)9-11-5-8-20-10-11/h5,8,10,12H,2-4,6-7,9H2,1H3,(H,15,17). The molecule has 1 aliphatic rings. The lowest BCUT2D eigenvalue weighted by atomic mass is 10.0. The second-order valence-electron chi connectivity index (χ2n) is 4.84. The van der Waals surface area contributed by atoms with Crippen LogP contribution in [0.25, 0.3) is 0 Å². The molecule has 1 N–H and O–H groups in total. The number of carbonyl (C=O) groups excluding carboxylic acids is 2. The predicted octanol–water partition coefficient (Wildman–Crippen LogP) is 2.03. The molecule has 1 aromatic heterocycles. The molecule has 1 saturated heterocycles. The normalized spacial score (nSPS) is 15.9. The molecular weight excluding hydrogens is 276 g/mol. The van der Waals surface area contributed by atoms with E-state index in [0.29, 0.717) is 26.1 Å². The van der Waals surface area contributed by atoms with Crippen LogP contribution < -0.4 is 5.32 Å². The summed E-state index contributed by atoms with van der Waals surface area (Å²) < 4.78 is 4.97. The second kappa shape index (κ2) is 7.28. The molecule has 1 aliphatic heterocycles. The average Bonchev–Trinajstić information content (AvgIpc) is 2.92. The molecule has 20 heavy (non-hydrogen) atoms. The number of likely N-dealkylation sites (tertiary alicyclic amines) is 1. The van der Waals surface area contributed by atoms with Gasteiger partial charge in [-0.25, -0.2) is 4.79 Å². The first-order valence-electron chi connectivity index (χ1n) is 6.91. The molecule has 0 bridgehead atoms. The summed E-state index contributed by atoms with van der Waals surface area (Å²) in [6, 6.07) is 2.12. The Labute approximate surface area is 122 Å². The summed E-state index contributed by atoms with van der Waals surface area (Å²) >= 11 is 1.60. The molecule has 0 saturated carbocycles. The Morgan fingerprint density at radius 1 is 1.45 bits per heavy atom. The number of piperidine rings is 1. The average molecular weight is 296 g/mol.